The summed E-state index contributed by atoms with van der Waals surface area (Å²) in [6, 6.07) is 5.83. The van der Waals surface area contributed by atoms with Crippen LogP contribution in [-0.4, -0.2) is 31.3 Å². The van der Waals surface area contributed by atoms with Crippen LogP contribution < -0.4 is 16.0 Å². The van der Waals surface area contributed by atoms with Gasteiger partial charge in [0.25, 0.3) is 5.91 Å². The first-order chi connectivity index (χ1) is 11.6. The molecule has 1 amide bonds. The van der Waals surface area contributed by atoms with Crippen LogP contribution in [0, 0.1) is 11.2 Å². The molecule has 2 saturated carbocycles. The van der Waals surface area contributed by atoms with Crippen molar-refractivity contribution in [2.24, 2.45) is 0 Å². The van der Waals surface area contributed by atoms with Gasteiger partial charge in [-0.3, -0.25) is 4.79 Å². The van der Waals surface area contributed by atoms with Gasteiger partial charge in [0.2, 0.25) is 0 Å². The molecule has 2 aliphatic carbocycles. The molecule has 0 saturated heterocycles. The zero-order valence-corrected chi connectivity index (χ0v) is 13.7. The molecule has 1 aromatic rings. The molecule has 3 rings (SSSR count). The lowest BCUT2D eigenvalue weighted by molar-refractivity contribution is 0.0964. The van der Waals surface area contributed by atoms with Gasteiger partial charge >= 0.3 is 0 Å². The van der Waals surface area contributed by atoms with Crippen LogP contribution in [0.25, 0.3) is 0 Å². The Bertz CT molecular complexity index is 669. The Morgan fingerprint density at radius 1 is 1.38 bits per heavy atom. The maximum Gasteiger partial charge on any atom is 0.258 e. The molecule has 4 N–H and O–H groups in total. The predicted molar refractivity (Wildman–Crippen MR) is 91.7 cm³/mol. The molecule has 5 nitrogen and oxygen atoms in total. The second-order valence-corrected chi connectivity index (χ2v) is 6.47. The van der Waals surface area contributed by atoms with E-state index in [9.17, 15) is 9.18 Å². The Morgan fingerprint density at radius 2 is 2.17 bits per heavy atom. The van der Waals surface area contributed by atoms with Crippen molar-refractivity contribution in [1.82, 2.24) is 16.0 Å². The van der Waals surface area contributed by atoms with Crippen LogP contribution >= 0.6 is 0 Å². The van der Waals surface area contributed by atoms with E-state index in [0.717, 1.165) is 18.2 Å². The third-order valence-corrected chi connectivity index (χ3v) is 4.72. The van der Waals surface area contributed by atoms with Crippen molar-refractivity contribution in [2.45, 2.75) is 43.7 Å². The van der Waals surface area contributed by atoms with Crippen molar-refractivity contribution in [2.75, 3.05) is 7.05 Å². The van der Waals surface area contributed by atoms with E-state index in [0.29, 0.717) is 18.0 Å². The molecule has 6 heteroatoms. The number of benzene rings is 1. The predicted octanol–water partition coefficient (Wildman–Crippen LogP) is 2.26. The molecule has 0 aliphatic heterocycles. The zero-order chi connectivity index (χ0) is 17.1. The van der Waals surface area contributed by atoms with Crippen molar-refractivity contribution < 1.29 is 9.18 Å². The Balaban J connectivity index is 1.68. The van der Waals surface area contributed by atoms with Crippen LogP contribution in [0.15, 0.2) is 30.1 Å². The lowest BCUT2D eigenvalue weighted by atomic mass is 9.93. The summed E-state index contributed by atoms with van der Waals surface area (Å²) < 4.78 is 14.0. The Hall–Kier alpha value is -2.21. The molecule has 0 radical (unpaired) electrons. The maximum atomic E-state index is 14.0. The van der Waals surface area contributed by atoms with Gasteiger partial charge < -0.3 is 21.4 Å². The van der Waals surface area contributed by atoms with E-state index < -0.39 is 11.7 Å². The molecule has 24 heavy (non-hydrogen) atoms. The second-order valence-electron chi connectivity index (χ2n) is 6.47. The molecular formula is C18H23FN4O. The molecule has 0 aromatic heterocycles. The molecule has 0 bridgehead atoms. The minimum absolute atomic E-state index is 0.0191. The van der Waals surface area contributed by atoms with E-state index in [1.54, 1.807) is 19.2 Å². The van der Waals surface area contributed by atoms with Gasteiger partial charge in [0, 0.05) is 37.5 Å². The van der Waals surface area contributed by atoms with Gasteiger partial charge in [0.05, 0.1) is 11.3 Å². The van der Waals surface area contributed by atoms with Gasteiger partial charge in [-0.05, 0) is 37.0 Å². The van der Waals surface area contributed by atoms with Crippen LogP contribution in [0.2, 0.25) is 0 Å². The molecule has 128 valence electrons. The average molecular weight is 330 g/mol. The van der Waals surface area contributed by atoms with E-state index in [1.165, 1.54) is 31.5 Å². The third-order valence-electron chi connectivity index (χ3n) is 4.72. The largest absolute Gasteiger partial charge is 0.392 e. The summed E-state index contributed by atoms with van der Waals surface area (Å²) >= 11 is 0. The maximum absolute atomic E-state index is 14.0. The standard InChI is InChI=1S/C18H23FN4O/c1-21-10-13(9-20)23-18(24)15-7-11(5-6-16(15)19)14-8-17(14)22-12-3-2-4-12/h5-7,9-10,12,14,17,20-22H,2-4,8H2,1H3,(H,23,24)/b13-10+,20-9?. The fourth-order valence-corrected chi connectivity index (χ4v) is 3.04. The minimum atomic E-state index is -0.547. The Morgan fingerprint density at radius 3 is 2.79 bits per heavy atom. The first-order valence-corrected chi connectivity index (χ1v) is 8.37. The summed E-state index contributed by atoms with van der Waals surface area (Å²) in [5.41, 5.74) is 1.29. The highest BCUT2D eigenvalue weighted by molar-refractivity contribution is 5.98. The lowest BCUT2D eigenvalue weighted by Crippen LogP contribution is -2.37. The van der Waals surface area contributed by atoms with E-state index in [2.05, 4.69) is 16.0 Å². The molecule has 2 atom stereocenters. The van der Waals surface area contributed by atoms with Crippen LogP contribution in [0.5, 0.6) is 0 Å². The van der Waals surface area contributed by atoms with Crippen molar-refractivity contribution in [3.05, 3.63) is 47.0 Å². The summed E-state index contributed by atoms with van der Waals surface area (Å²) in [5.74, 6) is -0.731. The highest BCUT2D eigenvalue weighted by atomic mass is 19.1. The number of hydrogen-bond donors (Lipinski definition) is 4. The minimum Gasteiger partial charge on any atom is -0.392 e. The number of amides is 1. The quantitative estimate of drug-likeness (QED) is 0.579. The third kappa shape index (κ3) is 3.64. The molecule has 0 spiro atoms. The van der Waals surface area contributed by atoms with Gasteiger partial charge in [-0.2, -0.15) is 0 Å². The number of hydrogen-bond acceptors (Lipinski definition) is 4. The van der Waals surface area contributed by atoms with Crippen LogP contribution in [-0.2, 0) is 0 Å². The Kier molecular flexibility index (Phi) is 4.94. The van der Waals surface area contributed by atoms with Crippen molar-refractivity contribution in [1.29, 1.82) is 5.41 Å². The topological polar surface area (TPSA) is 77.0 Å². The lowest BCUT2D eigenvalue weighted by Gasteiger charge is -2.26. The average Bonchev–Trinajstić information content (AvgIpc) is 3.30. The van der Waals surface area contributed by atoms with Crippen molar-refractivity contribution in [3.8, 4) is 0 Å². The molecule has 2 fully saturated rings. The number of carbonyl (C=O) groups excluding carboxylic acids is 1. The number of carbonyl (C=O) groups is 1. The zero-order valence-electron chi connectivity index (χ0n) is 13.7. The van der Waals surface area contributed by atoms with E-state index in [4.69, 9.17) is 5.41 Å². The summed E-state index contributed by atoms with van der Waals surface area (Å²) in [6.07, 6.45) is 7.30. The molecule has 2 unspecified atom stereocenters. The first kappa shape index (κ1) is 16.6. The van der Waals surface area contributed by atoms with Gasteiger partial charge in [-0.1, -0.05) is 12.5 Å². The SMILES string of the molecule is CN/C=C(\C=N)NC(=O)c1cc(C2CC2NC2CCC2)ccc1F. The number of rotatable bonds is 7. The number of halogens is 1. The van der Waals surface area contributed by atoms with Gasteiger partial charge in [-0.15, -0.1) is 0 Å². The highest BCUT2D eigenvalue weighted by Crippen LogP contribution is 2.42. The van der Waals surface area contributed by atoms with Gasteiger partial charge in [0.1, 0.15) is 5.82 Å². The second kappa shape index (κ2) is 7.13. The van der Waals surface area contributed by atoms with Crippen LogP contribution in [0.1, 0.15) is 47.5 Å². The first-order valence-electron chi connectivity index (χ1n) is 8.37. The summed E-state index contributed by atoms with van der Waals surface area (Å²) in [5, 5.41) is 16.1. The van der Waals surface area contributed by atoms with Gasteiger partial charge in [-0.25, -0.2) is 4.39 Å². The van der Waals surface area contributed by atoms with Gasteiger partial charge in [0.15, 0.2) is 0 Å². The Labute approximate surface area is 141 Å². The summed E-state index contributed by atoms with van der Waals surface area (Å²) in [4.78, 5) is 12.3. The number of nitrogens with one attached hydrogen (secondary N) is 4. The highest BCUT2D eigenvalue weighted by Gasteiger charge is 2.40. The summed E-state index contributed by atoms with van der Waals surface area (Å²) in [6.45, 7) is 0. The molecule has 2 aliphatic rings. The smallest absolute Gasteiger partial charge is 0.258 e. The fraction of sp³-hybridized carbons (Fsp3) is 0.444. The van der Waals surface area contributed by atoms with E-state index in [-0.39, 0.29) is 11.3 Å². The summed E-state index contributed by atoms with van der Waals surface area (Å²) in [7, 11) is 1.67. The fourth-order valence-electron chi connectivity index (χ4n) is 3.04. The monoisotopic (exact) mass is 330 g/mol. The van der Waals surface area contributed by atoms with Crippen LogP contribution in [0.3, 0.4) is 0 Å². The van der Waals surface area contributed by atoms with E-state index >= 15 is 0 Å². The molecule has 0 heterocycles. The van der Waals surface area contributed by atoms with Crippen LogP contribution in [0.4, 0.5) is 4.39 Å². The van der Waals surface area contributed by atoms with E-state index in [1.807, 2.05) is 0 Å². The molecular weight excluding hydrogens is 307 g/mol. The van der Waals surface area contributed by atoms with Crippen molar-refractivity contribution in [3.63, 3.8) is 0 Å². The van der Waals surface area contributed by atoms with Crippen molar-refractivity contribution >= 4 is 12.1 Å². The number of allylic oxidation sites excluding steroid dienone is 1. The normalized spacial score (nSPS) is 23.3. The molecule has 1 aromatic carbocycles.